The van der Waals surface area contributed by atoms with E-state index in [-0.39, 0.29) is 11.6 Å². The molecule has 0 unspecified atom stereocenters. The van der Waals surface area contributed by atoms with Gasteiger partial charge in [0.25, 0.3) is 5.91 Å². The molecule has 18 heavy (non-hydrogen) atoms. The first-order valence-electron chi connectivity index (χ1n) is 6.59. The van der Waals surface area contributed by atoms with E-state index in [0.717, 1.165) is 31.3 Å². The standard InChI is InChI=1S/C15H20N2O/c1-3-9-12(4-2)13-14(18)17-15(16-13)10-7-5-6-8-11-15/h3-4,9H,1-2,5-8,10-11H2,(H,17,18)/b12-9+. The molecule has 3 heteroatoms. The average Bonchev–Trinajstić information content (AvgIpc) is 2.54. The van der Waals surface area contributed by atoms with Crippen LogP contribution in [0, 0.1) is 0 Å². The van der Waals surface area contributed by atoms with Gasteiger partial charge in [-0.3, -0.25) is 9.79 Å². The van der Waals surface area contributed by atoms with E-state index in [2.05, 4.69) is 23.5 Å². The Kier molecular flexibility index (Phi) is 3.80. The van der Waals surface area contributed by atoms with Crippen LogP contribution in [0.2, 0.25) is 0 Å². The van der Waals surface area contributed by atoms with Crippen molar-refractivity contribution in [2.45, 2.75) is 44.2 Å². The number of hydrogen-bond donors (Lipinski definition) is 1. The molecule has 3 nitrogen and oxygen atoms in total. The van der Waals surface area contributed by atoms with Crippen molar-refractivity contribution in [3.8, 4) is 0 Å². The van der Waals surface area contributed by atoms with Crippen LogP contribution in [0.15, 0.2) is 42.0 Å². The van der Waals surface area contributed by atoms with E-state index in [9.17, 15) is 4.79 Å². The van der Waals surface area contributed by atoms with Crippen molar-refractivity contribution in [2.24, 2.45) is 4.99 Å². The topological polar surface area (TPSA) is 41.5 Å². The Morgan fingerprint density at radius 3 is 2.44 bits per heavy atom. The summed E-state index contributed by atoms with van der Waals surface area (Å²) in [6, 6.07) is 0. The SMILES string of the molecule is C=C/C=C(\C=C)C1=NC2(CCCCCC2)NC1=O. The average molecular weight is 244 g/mol. The molecule has 0 radical (unpaired) electrons. The minimum absolute atomic E-state index is 0.0788. The third-order valence-corrected chi connectivity index (χ3v) is 3.61. The molecule has 96 valence electrons. The van der Waals surface area contributed by atoms with E-state index in [1.165, 1.54) is 12.8 Å². The lowest BCUT2D eigenvalue weighted by Crippen LogP contribution is -2.42. The van der Waals surface area contributed by atoms with Crippen LogP contribution in [0.1, 0.15) is 38.5 Å². The molecule has 2 rings (SSSR count). The van der Waals surface area contributed by atoms with Crippen LogP contribution in [0.25, 0.3) is 0 Å². The summed E-state index contributed by atoms with van der Waals surface area (Å²) in [4.78, 5) is 16.7. The molecule has 1 saturated carbocycles. The van der Waals surface area contributed by atoms with E-state index >= 15 is 0 Å². The van der Waals surface area contributed by atoms with Gasteiger partial charge < -0.3 is 5.32 Å². The van der Waals surface area contributed by atoms with Crippen LogP contribution in [-0.2, 0) is 4.79 Å². The molecule has 0 bridgehead atoms. The number of aliphatic imine (C=N–C) groups is 1. The van der Waals surface area contributed by atoms with Gasteiger partial charge in [-0.15, -0.1) is 0 Å². The van der Waals surface area contributed by atoms with E-state index < -0.39 is 0 Å². The van der Waals surface area contributed by atoms with Crippen molar-refractivity contribution in [1.29, 1.82) is 0 Å². The maximum Gasteiger partial charge on any atom is 0.272 e. The third kappa shape index (κ3) is 2.45. The van der Waals surface area contributed by atoms with Crippen molar-refractivity contribution in [2.75, 3.05) is 0 Å². The molecular weight excluding hydrogens is 224 g/mol. The lowest BCUT2D eigenvalue weighted by atomic mass is 10.0. The zero-order valence-electron chi connectivity index (χ0n) is 10.7. The number of amides is 1. The number of hydrogen-bond acceptors (Lipinski definition) is 2. The zero-order valence-corrected chi connectivity index (χ0v) is 10.7. The third-order valence-electron chi connectivity index (χ3n) is 3.61. The summed E-state index contributed by atoms with van der Waals surface area (Å²) in [5.74, 6) is -0.0788. The van der Waals surface area contributed by atoms with Crippen LogP contribution in [0.5, 0.6) is 0 Å². The molecule has 1 aliphatic carbocycles. The van der Waals surface area contributed by atoms with Gasteiger partial charge in [-0.25, -0.2) is 0 Å². The molecule has 1 aliphatic heterocycles. The van der Waals surface area contributed by atoms with Gasteiger partial charge in [-0.1, -0.05) is 44.2 Å². The fourth-order valence-electron chi connectivity index (χ4n) is 2.68. The van der Waals surface area contributed by atoms with Gasteiger partial charge in [-0.05, 0) is 25.7 Å². The highest BCUT2D eigenvalue weighted by atomic mass is 16.2. The summed E-state index contributed by atoms with van der Waals surface area (Å²) in [5.41, 5.74) is 0.905. The second-order valence-electron chi connectivity index (χ2n) is 4.92. The minimum atomic E-state index is -0.355. The predicted molar refractivity (Wildman–Crippen MR) is 74.5 cm³/mol. The van der Waals surface area contributed by atoms with E-state index in [1.807, 2.05) is 0 Å². The Balaban J connectivity index is 2.30. The summed E-state index contributed by atoms with van der Waals surface area (Å²) < 4.78 is 0. The van der Waals surface area contributed by atoms with E-state index in [1.54, 1.807) is 18.2 Å². The van der Waals surface area contributed by atoms with Crippen LogP contribution < -0.4 is 5.32 Å². The molecule has 0 aromatic heterocycles. The number of nitrogens with one attached hydrogen (secondary N) is 1. The molecule has 0 saturated heterocycles. The Labute approximate surface area is 108 Å². The zero-order chi connectivity index (χ0) is 13.0. The lowest BCUT2D eigenvalue weighted by Gasteiger charge is -2.24. The maximum absolute atomic E-state index is 12.1. The summed E-state index contributed by atoms with van der Waals surface area (Å²) in [6.45, 7) is 7.39. The van der Waals surface area contributed by atoms with Gasteiger partial charge in [0.15, 0.2) is 0 Å². The molecule has 1 heterocycles. The van der Waals surface area contributed by atoms with Gasteiger partial charge in [0, 0.05) is 5.57 Å². The van der Waals surface area contributed by atoms with Crippen molar-refractivity contribution in [1.82, 2.24) is 5.32 Å². The summed E-state index contributed by atoms with van der Waals surface area (Å²) in [7, 11) is 0. The fourth-order valence-corrected chi connectivity index (χ4v) is 2.68. The van der Waals surface area contributed by atoms with Crippen molar-refractivity contribution >= 4 is 11.6 Å². The van der Waals surface area contributed by atoms with Gasteiger partial charge in [0.1, 0.15) is 11.4 Å². The monoisotopic (exact) mass is 244 g/mol. The first-order valence-corrected chi connectivity index (χ1v) is 6.59. The van der Waals surface area contributed by atoms with Crippen LogP contribution in [0.4, 0.5) is 0 Å². The Bertz CT molecular complexity index is 424. The number of allylic oxidation sites excluding steroid dienone is 3. The highest BCUT2D eigenvalue weighted by Gasteiger charge is 2.39. The molecule has 2 aliphatic rings. The smallest absolute Gasteiger partial charge is 0.272 e. The number of rotatable bonds is 3. The van der Waals surface area contributed by atoms with Crippen molar-refractivity contribution in [3.63, 3.8) is 0 Å². The first-order chi connectivity index (χ1) is 8.71. The van der Waals surface area contributed by atoms with Gasteiger partial charge in [0.2, 0.25) is 0 Å². The Morgan fingerprint density at radius 1 is 1.22 bits per heavy atom. The van der Waals surface area contributed by atoms with Crippen molar-refractivity contribution in [3.05, 3.63) is 37.0 Å². The summed E-state index contributed by atoms with van der Waals surface area (Å²) >= 11 is 0. The number of carbonyl (C=O) groups excluding carboxylic acids is 1. The molecule has 0 atom stereocenters. The van der Waals surface area contributed by atoms with Gasteiger partial charge in [0.05, 0.1) is 0 Å². The molecule has 1 amide bonds. The quantitative estimate of drug-likeness (QED) is 0.762. The first kappa shape index (κ1) is 12.8. The van der Waals surface area contributed by atoms with Crippen LogP contribution in [0.3, 0.4) is 0 Å². The van der Waals surface area contributed by atoms with Gasteiger partial charge in [-0.2, -0.15) is 0 Å². The van der Waals surface area contributed by atoms with E-state index in [4.69, 9.17) is 0 Å². The maximum atomic E-state index is 12.1. The van der Waals surface area contributed by atoms with Crippen molar-refractivity contribution < 1.29 is 4.79 Å². The van der Waals surface area contributed by atoms with Crippen LogP contribution >= 0.6 is 0 Å². The Morgan fingerprint density at radius 2 is 1.89 bits per heavy atom. The van der Waals surface area contributed by atoms with Crippen LogP contribution in [-0.4, -0.2) is 17.3 Å². The number of nitrogens with zero attached hydrogens (tertiary/aromatic N) is 1. The van der Waals surface area contributed by atoms with Gasteiger partial charge >= 0.3 is 0 Å². The summed E-state index contributed by atoms with van der Waals surface area (Å²) in [6.07, 6.45) is 11.7. The molecular formula is C15H20N2O. The highest BCUT2D eigenvalue weighted by Crippen LogP contribution is 2.32. The Hall–Kier alpha value is -1.64. The normalized spacial score (nSPS) is 23.2. The predicted octanol–water partition coefficient (Wildman–Crippen LogP) is 2.91. The molecule has 0 aromatic rings. The molecule has 1 fully saturated rings. The number of carbonyl (C=O) groups is 1. The van der Waals surface area contributed by atoms with E-state index in [0.29, 0.717) is 5.71 Å². The largest absolute Gasteiger partial charge is 0.326 e. The highest BCUT2D eigenvalue weighted by molar-refractivity contribution is 6.47. The second kappa shape index (κ2) is 5.34. The lowest BCUT2D eigenvalue weighted by molar-refractivity contribution is -0.115. The molecule has 1 N–H and O–H groups in total. The molecule has 1 spiro atoms. The second-order valence-corrected chi connectivity index (χ2v) is 4.92. The summed E-state index contributed by atoms with van der Waals surface area (Å²) in [5, 5.41) is 3.07. The fraction of sp³-hybridized carbons (Fsp3) is 0.467. The minimum Gasteiger partial charge on any atom is -0.326 e. The molecule has 0 aromatic carbocycles.